The molecule has 0 aromatic rings. The van der Waals surface area contributed by atoms with Crippen molar-refractivity contribution in [1.82, 2.24) is 20.9 Å². The standard InChI is InChI=1S/C25H46N4O6S/c1-17(2)11-12-29(24(33)28-25(3,4)5)14-21(30)19(13-18-9-7-6-8-10-18)27-23(32)20-15-36(34,35)16-22(31)26-20/h17-21,30H,6-16H2,1-5H3,(H,26,31)(H,27,32)(H,28,33)/t19-,20?,21+/m0/s1. The Hall–Kier alpha value is -1.88. The first kappa shape index (κ1) is 30.3. The van der Waals surface area contributed by atoms with Crippen molar-refractivity contribution >= 4 is 27.7 Å². The first-order valence-electron chi connectivity index (χ1n) is 13.2. The average Bonchev–Trinajstić information content (AvgIpc) is 2.73. The molecule has 0 aromatic carbocycles. The zero-order valence-corrected chi connectivity index (χ0v) is 23.3. The maximum absolute atomic E-state index is 13.0. The van der Waals surface area contributed by atoms with E-state index < -0.39 is 56.9 Å². The molecule has 0 aromatic heterocycles. The Kier molecular flexibility index (Phi) is 11.0. The van der Waals surface area contributed by atoms with Crippen LogP contribution >= 0.6 is 0 Å². The highest BCUT2D eigenvalue weighted by Gasteiger charge is 2.37. The van der Waals surface area contributed by atoms with E-state index in [9.17, 15) is 27.9 Å². The molecule has 3 atom stereocenters. The second-order valence-corrected chi connectivity index (χ2v) is 14.0. The molecule has 1 aliphatic heterocycles. The van der Waals surface area contributed by atoms with Crippen molar-refractivity contribution < 1.29 is 27.9 Å². The van der Waals surface area contributed by atoms with Gasteiger partial charge in [-0.2, -0.15) is 0 Å². The number of hydrogen-bond acceptors (Lipinski definition) is 6. The summed E-state index contributed by atoms with van der Waals surface area (Å²) in [7, 11) is -3.67. The van der Waals surface area contributed by atoms with Gasteiger partial charge in [0.2, 0.25) is 11.8 Å². The Morgan fingerprint density at radius 1 is 1.17 bits per heavy atom. The molecule has 0 bridgehead atoms. The second kappa shape index (κ2) is 13.1. The van der Waals surface area contributed by atoms with Crippen LogP contribution in [0.3, 0.4) is 0 Å². The van der Waals surface area contributed by atoms with E-state index in [1.165, 1.54) is 0 Å². The smallest absolute Gasteiger partial charge is 0.317 e. The molecule has 11 heteroatoms. The van der Waals surface area contributed by atoms with Crippen LogP contribution in [0.15, 0.2) is 0 Å². The number of rotatable bonds is 10. The monoisotopic (exact) mass is 530 g/mol. The lowest BCUT2D eigenvalue weighted by Gasteiger charge is -2.35. The van der Waals surface area contributed by atoms with Crippen molar-refractivity contribution in [3.8, 4) is 0 Å². The van der Waals surface area contributed by atoms with Gasteiger partial charge in [0.25, 0.3) is 0 Å². The third kappa shape index (κ3) is 10.6. The molecule has 2 fully saturated rings. The van der Waals surface area contributed by atoms with Crippen LogP contribution in [-0.4, -0.2) is 84.6 Å². The molecule has 0 radical (unpaired) electrons. The molecule has 4 N–H and O–H groups in total. The summed E-state index contributed by atoms with van der Waals surface area (Å²) in [4.78, 5) is 39.4. The number of carbonyl (C=O) groups excluding carboxylic acids is 3. The van der Waals surface area contributed by atoms with Gasteiger partial charge in [-0.05, 0) is 45.4 Å². The number of urea groups is 1. The molecule has 1 heterocycles. The summed E-state index contributed by atoms with van der Waals surface area (Å²) in [6.07, 6.45) is 5.57. The summed E-state index contributed by atoms with van der Waals surface area (Å²) in [5, 5.41) is 19.5. The molecule has 4 amide bonds. The molecule has 1 unspecified atom stereocenters. The number of nitrogens with zero attached hydrogens (tertiary/aromatic N) is 1. The van der Waals surface area contributed by atoms with Crippen LogP contribution in [-0.2, 0) is 19.4 Å². The maximum atomic E-state index is 13.0. The number of nitrogens with one attached hydrogen (secondary N) is 3. The maximum Gasteiger partial charge on any atom is 0.317 e. The Bertz CT molecular complexity index is 864. The molecule has 0 spiro atoms. The van der Waals surface area contributed by atoms with E-state index in [0.717, 1.165) is 38.5 Å². The first-order valence-corrected chi connectivity index (χ1v) is 15.0. The Labute approximate surface area is 216 Å². The Morgan fingerprint density at radius 2 is 1.81 bits per heavy atom. The lowest BCUT2D eigenvalue weighted by Crippen LogP contribution is -2.60. The van der Waals surface area contributed by atoms with Crippen molar-refractivity contribution in [2.45, 2.75) is 103 Å². The van der Waals surface area contributed by atoms with Crippen LogP contribution in [0, 0.1) is 11.8 Å². The van der Waals surface area contributed by atoms with Gasteiger partial charge in [-0.3, -0.25) is 9.59 Å². The molecular formula is C25H46N4O6S. The number of sulfone groups is 1. The number of amides is 4. The summed E-state index contributed by atoms with van der Waals surface area (Å²) < 4.78 is 24.1. The number of carbonyl (C=O) groups is 3. The third-order valence-electron chi connectivity index (χ3n) is 6.68. The van der Waals surface area contributed by atoms with Crippen LogP contribution in [0.1, 0.15) is 79.6 Å². The van der Waals surface area contributed by atoms with Crippen LogP contribution in [0.4, 0.5) is 4.79 Å². The van der Waals surface area contributed by atoms with Gasteiger partial charge < -0.3 is 26.0 Å². The number of aliphatic hydroxyl groups excluding tert-OH is 1. The molecule has 2 rings (SSSR count). The van der Waals surface area contributed by atoms with Crippen LogP contribution in [0.25, 0.3) is 0 Å². The van der Waals surface area contributed by atoms with Crippen molar-refractivity contribution in [3.05, 3.63) is 0 Å². The fourth-order valence-electron chi connectivity index (χ4n) is 4.75. The van der Waals surface area contributed by atoms with E-state index in [1.54, 1.807) is 4.90 Å². The summed E-state index contributed by atoms with van der Waals surface area (Å²) in [5.41, 5.74) is -0.446. The minimum Gasteiger partial charge on any atom is -0.389 e. The van der Waals surface area contributed by atoms with Gasteiger partial charge >= 0.3 is 6.03 Å². The van der Waals surface area contributed by atoms with Crippen molar-refractivity contribution in [2.75, 3.05) is 24.6 Å². The van der Waals surface area contributed by atoms with E-state index in [2.05, 4.69) is 29.8 Å². The molecule has 36 heavy (non-hydrogen) atoms. The number of aliphatic hydroxyl groups is 1. The van der Waals surface area contributed by atoms with Gasteiger partial charge in [-0.15, -0.1) is 0 Å². The minimum atomic E-state index is -3.67. The normalized spacial score (nSPS) is 22.4. The Balaban J connectivity index is 2.18. The molecule has 2 aliphatic rings. The predicted octanol–water partition coefficient (Wildman–Crippen LogP) is 1.57. The highest BCUT2D eigenvalue weighted by atomic mass is 32.2. The molecule has 10 nitrogen and oxygen atoms in total. The largest absolute Gasteiger partial charge is 0.389 e. The van der Waals surface area contributed by atoms with Gasteiger partial charge in [0.15, 0.2) is 9.84 Å². The van der Waals surface area contributed by atoms with E-state index in [1.807, 2.05) is 20.8 Å². The molecule has 208 valence electrons. The van der Waals surface area contributed by atoms with Crippen molar-refractivity contribution in [2.24, 2.45) is 11.8 Å². The fraction of sp³-hybridized carbons (Fsp3) is 0.880. The third-order valence-corrected chi connectivity index (χ3v) is 8.22. The summed E-state index contributed by atoms with van der Waals surface area (Å²) in [5.74, 6) is -1.74. The predicted molar refractivity (Wildman–Crippen MR) is 139 cm³/mol. The second-order valence-electron chi connectivity index (χ2n) is 11.9. The van der Waals surface area contributed by atoms with Gasteiger partial charge in [0, 0.05) is 12.1 Å². The summed E-state index contributed by atoms with van der Waals surface area (Å²) >= 11 is 0. The summed E-state index contributed by atoms with van der Waals surface area (Å²) in [6, 6.07) is -2.15. The highest BCUT2D eigenvalue weighted by Crippen LogP contribution is 2.28. The van der Waals surface area contributed by atoms with E-state index >= 15 is 0 Å². The first-order chi connectivity index (χ1) is 16.6. The minimum absolute atomic E-state index is 0.0294. The average molecular weight is 531 g/mol. The van der Waals surface area contributed by atoms with Gasteiger partial charge in [0.1, 0.15) is 11.8 Å². The van der Waals surface area contributed by atoms with E-state index in [-0.39, 0.29) is 12.6 Å². The zero-order chi connectivity index (χ0) is 27.1. The Morgan fingerprint density at radius 3 is 2.36 bits per heavy atom. The fourth-order valence-corrected chi connectivity index (χ4v) is 6.09. The SMILES string of the molecule is CC(C)CCN(C[C@@H](O)[C@H](CC1CCCCC1)NC(=O)C1CS(=O)(=O)CC(=O)N1)C(=O)NC(C)(C)C. The van der Waals surface area contributed by atoms with Gasteiger partial charge in [-0.25, -0.2) is 13.2 Å². The summed E-state index contributed by atoms with van der Waals surface area (Å²) in [6.45, 7) is 10.3. The molecule has 1 aliphatic carbocycles. The van der Waals surface area contributed by atoms with E-state index in [0.29, 0.717) is 24.8 Å². The molecular weight excluding hydrogens is 484 g/mol. The lowest BCUT2D eigenvalue weighted by atomic mass is 9.83. The number of hydrogen-bond donors (Lipinski definition) is 4. The van der Waals surface area contributed by atoms with Crippen LogP contribution in [0.5, 0.6) is 0 Å². The van der Waals surface area contributed by atoms with Crippen LogP contribution in [0.2, 0.25) is 0 Å². The molecule has 1 saturated heterocycles. The van der Waals surface area contributed by atoms with Gasteiger partial charge in [0.05, 0.1) is 24.4 Å². The molecule has 1 saturated carbocycles. The highest BCUT2D eigenvalue weighted by molar-refractivity contribution is 7.92. The quantitative estimate of drug-likeness (QED) is 0.337. The lowest BCUT2D eigenvalue weighted by molar-refractivity contribution is -0.129. The van der Waals surface area contributed by atoms with E-state index in [4.69, 9.17) is 0 Å². The van der Waals surface area contributed by atoms with Crippen molar-refractivity contribution in [3.63, 3.8) is 0 Å². The van der Waals surface area contributed by atoms with Gasteiger partial charge in [-0.1, -0.05) is 46.0 Å². The van der Waals surface area contributed by atoms with Crippen molar-refractivity contribution in [1.29, 1.82) is 0 Å². The zero-order valence-electron chi connectivity index (χ0n) is 22.5. The topological polar surface area (TPSA) is 145 Å². The van der Waals surface area contributed by atoms with Crippen LogP contribution < -0.4 is 16.0 Å².